The molecule has 0 fully saturated rings. The maximum absolute atomic E-state index is 11.0. The van der Waals surface area contributed by atoms with Gasteiger partial charge >= 0.3 is 12.1 Å². The van der Waals surface area contributed by atoms with Crippen LogP contribution < -0.4 is 9.47 Å². The Balaban J connectivity index is 2.07. The van der Waals surface area contributed by atoms with Crippen LogP contribution in [0.15, 0.2) is 33.5 Å². The number of pyridine rings is 1. The van der Waals surface area contributed by atoms with Gasteiger partial charge in [-0.25, -0.2) is 14.8 Å². The fraction of sp³-hybridized carbons (Fsp3) is 0.176. The van der Waals surface area contributed by atoms with Crippen LogP contribution in [0.25, 0.3) is 10.9 Å². The van der Waals surface area contributed by atoms with Crippen molar-refractivity contribution in [1.29, 1.82) is 0 Å². The van der Waals surface area contributed by atoms with Gasteiger partial charge in [-0.2, -0.15) is 0 Å². The number of carboxylic acid groups (broad SMARTS) is 2. The largest absolute Gasteiger partial charge is 0.512 e. The molecule has 0 bridgehead atoms. The molecule has 0 spiro atoms. The summed E-state index contributed by atoms with van der Waals surface area (Å²) in [4.78, 5) is 31.8. The van der Waals surface area contributed by atoms with Gasteiger partial charge in [-0.15, -0.1) is 11.3 Å². The van der Waals surface area contributed by atoms with Crippen LogP contribution in [0.4, 0.5) is 4.79 Å². The van der Waals surface area contributed by atoms with Gasteiger partial charge in [0.15, 0.2) is 4.34 Å². The fourth-order valence-electron chi connectivity index (χ4n) is 2.40. The molecule has 0 radical (unpaired) electrons. The number of aliphatic carboxylic acids is 1. The number of aromatic nitrogens is 2. The first-order chi connectivity index (χ1) is 12.9. The summed E-state index contributed by atoms with van der Waals surface area (Å²) in [5, 5.41) is 18.6. The predicted molar refractivity (Wildman–Crippen MR) is 99.3 cm³/mol. The molecule has 0 saturated heterocycles. The number of carbonyl (C=O) groups is 2. The minimum absolute atomic E-state index is 0.0824. The molecule has 0 atom stereocenters. The highest BCUT2D eigenvalue weighted by molar-refractivity contribution is 8.01. The molecule has 2 N–H and O–H groups in total. The lowest BCUT2D eigenvalue weighted by atomic mass is 10.2. The Kier molecular flexibility index (Phi) is 5.47. The van der Waals surface area contributed by atoms with Gasteiger partial charge in [-0.3, -0.25) is 4.79 Å². The van der Waals surface area contributed by atoms with Gasteiger partial charge in [0.25, 0.3) is 0 Å². The Morgan fingerprint density at radius 3 is 2.70 bits per heavy atom. The number of methoxy groups -OCH3 is 1. The highest BCUT2D eigenvalue weighted by Crippen LogP contribution is 2.40. The van der Waals surface area contributed by atoms with Crippen LogP contribution in [0.2, 0.25) is 0 Å². The normalized spacial score (nSPS) is 10.7. The molecule has 1 aromatic carbocycles. The average Bonchev–Trinajstić information content (AvgIpc) is 2.92. The number of hydrogen-bond donors (Lipinski definition) is 2. The van der Waals surface area contributed by atoms with E-state index in [9.17, 15) is 9.59 Å². The van der Waals surface area contributed by atoms with Gasteiger partial charge in [0.05, 0.1) is 19.2 Å². The molecular formula is C17H14N2O6S2. The molecule has 3 aromatic rings. The van der Waals surface area contributed by atoms with Crippen LogP contribution in [-0.4, -0.2) is 39.4 Å². The van der Waals surface area contributed by atoms with Crippen LogP contribution in [-0.2, 0) is 11.2 Å². The third-order valence-electron chi connectivity index (χ3n) is 3.53. The second kappa shape index (κ2) is 7.80. The van der Waals surface area contributed by atoms with Crippen LogP contribution in [0.3, 0.4) is 0 Å². The number of thiazole rings is 1. The number of carboxylic acids is 1. The minimum atomic E-state index is -1.47. The molecule has 0 aliphatic rings. The van der Waals surface area contributed by atoms with Crippen molar-refractivity contribution in [3.8, 4) is 11.6 Å². The summed E-state index contributed by atoms with van der Waals surface area (Å²) in [6.07, 6.45) is -1.57. The van der Waals surface area contributed by atoms with Crippen molar-refractivity contribution in [3.63, 3.8) is 0 Å². The molecule has 2 aromatic heterocycles. The van der Waals surface area contributed by atoms with E-state index in [1.54, 1.807) is 19.1 Å². The van der Waals surface area contributed by atoms with Crippen molar-refractivity contribution in [1.82, 2.24) is 9.97 Å². The molecule has 140 valence electrons. The van der Waals surface area contributed by atoms with Crippen LogP contribution >= 0.6 is 23.1 Å². The van der Waals surface area contributed by atoms with Crippen LogP contribution in [0.5, 0.6) is 11.6 Å². The summed E-state index contributed by atoms with van der Waals surface area (Å²) in [5.41, 5.74) is 1.11. The quantitative estimate of drug-likeness (QED) is 0.588. The Labute approximate surface area is 161 Å². The fourth-order valence-corrected chi connectivity index (χ4v) is 4.73. The van der Waals surface area contributed by atoms with Crippen molar-refractivity contribution >= 4 is 46.1 Å². The number of para-hydroxylation sites is 1. The monoisotopic (exact) mass is 406 g/mol. The first-order valence-corrected chi connectivity index (χ1v) is 9.25. The number of rotatable bonds is 6. The molecule has 3 rings (SSSR count). The average molecular weight is 406 g/mol. The summed E-state index contributed by atoms with van der Waals surface area (Å²) in [7, 11) is 1.50. The molecule has 0 amide bonds. The van der Waals surface area contributed by atoms with E-state index in [2.05, 4.69) is 9.97 Å². The van der Waals surface area contributed by atoms with Gasteiger partial charge in [0.1, 0.15) is 11.3 Å². The summed E-state index contributed by atoms with van der Waals surface area (Å²) >= 11 is 2.57. The van der Waals surface area contributed by atoms with Crippen LogP contribution in [0.1, 0.15) is 10.6 Å². The Bertz CT molecular complexity index is 1030. The zero-order valence-corrected chi connectivity index (χ0v) is 15.9. The third-order valence-corrected chi connectivity index (χ3v) is 5.81. The number of nitrogens with zero attached hydrogens (tertiary/aromatic N) is 2. The molecule has 2 heterocycles. The molecule has 0 saturated carbocycles. The summed E-state index contributed by atoms with van der Waals surface area (Å²) in [6.45, 7) is 1.76. The molecule has 0 aliphatic carbocycles. The second-order valence-electron chi connectivity index (χ2n) is 5.34. The van der Waals surface area contributed by atoms with Crippen molar-refractivity contribution in [2.24, 2.45) is 0 Å². The van der Waals surface area contributed by atoms with Gasteiger partial charge in [-0.1, -0.05) is 23.9 Å². The summed E-state index contributed by atoms with van der Waals surface area (Å²) in [5.74, 6) is -0.525. The first-order valence-electron chi connectivity index (χ1n) is 7.62. The highest BCUT2D eigenvalue weighted by Gasteiger charge is 2.17. The topological polar surface area (TPSA) is 119 Å². The SMILES string of the molecule is COc1cccc2c(Sc3nc(C)c(CC(=O)O)s3)cc(OC(=O)O)nc12. The standard InChI is InChI=1S/C17H14N2O6S2/c1-8-11(7-14(20)21)26-16(18-8)27-12-6-13(25-17(22)23)19-15-9(12)4-3-5-10(15)24-2/h3-6H,7H2,1-2H3,(H,20,21)(H,22,23). The first kappa shape index (κ1) is 18.9. The smallest absolute Gasteiger partial charge is 0.494 e. The Morgan fingerprint density at radius 2 is 2.04 bits per heavy atom. The van der Waals surface area contributed by atoms with E-state index in [0.717, 1.165) is 5.39 Å². The number of aryl methyl sites for hydroxylation is 1. The van der Waals surface area contributed by atoms with Crippen LogP contribution in [0, 0.1) is 6.92 Å². The van der Waals surface area contributed by atoms with E-state index in [-0.39, 0.29) is 12.3 Å². The molecule has 10 heteroatoms. The number of hydrogen-bond acceptors (Lipinski definition) is 8. The van der Waals surface area contributed by atoms with Gasteiger partial charge < -0.3 is 19.7 Å². The van der Waals surface area contributed by atoms with E-state index in [1.165, 1.54) is 36.3 Å². The van der Waals surface area contributed by atoms with E-state index < -0.39 is 12.1 Å². The lowest BCUT2D eigenvalue weighted by molar-refractivity contribution is -0.136. The number of ether oxygens (including phenoxy) is 2. The maximum Gasteiger partial charge on any atom is 0.512 e. The summed E-state index contributed by atoms with van der Waals surface area (Å²) < 4.78 is 10.7. The molecule has 8 nitrogen and oxygen atoms in total. The molecular weight excluding hydrogens is 392 g/mol. The zero-order chi connectivity index (χ0) is 19.6. The number of benzene rings is 1. The van der Waals surface area contributed by atoms with E-state index >= 15 is 0 Å². The van der Waals surface area contributed by atoms with Crippen molar-refractivity contribution < 1.29 is 29.3 Å². The van der Waals surface area contributed by atoms with E-state index in [1.807, 2.05) is 6.07 Å². The Morgan fingerprint density at radius 1 is 1.26 bits per heavy atom. The van der Waals surface area contributed by atoms with Crippen molar-refractivity contribution in [2.75, 3.05) is 7.11 Å². The summed E-state index contributed by atoms with van der Waals surface area (Å²) in [6, 6.07) is 6.85. The zero-order valence-electron chi connectivity index (χ0n) is 14.3. The highest BCUT2D eigenvalue weighted by atomic mass is 32.2. The third kappa shape index (κ3) is 4.29. The van der Waals surface area contributed by atoms with Crippen molar-refractivity contribution in [3.05, 3.63) is 34.8 Å². The molecule has 27 heavy (non-hydrogen) atoms. The van der Waals surface area contributed by atoms with Gasteiger partial charge in [0.2, 0.25) is 5.88 Å². The second-order valence-corrected chi connectivity index (χ2v) is 7.72. The number of fused-ring (bicyclic) bond motifs is 1. The van der Waals surface area contributed by atoms with Gasteiger partial charge in [-0.05, 0) is 13.0 Å². The molecule has 0 aliphatic heterocycles. The van der Waals surface area contributed by atoms with E-state index in [4.69, 9.17) is 19.7 Å². The predicted octanol–water partition coefficient (Wildman–Crippen LogP) is 3.84. The maximum atomic E-state index is 11.0. The lowest BCUT2D eigenvalue weighted by Gasteiger charge is -2.10. The molecule has 0 unspecified atom stereocenters. The minimum Gasteiger partial charge on any atom is -0.494 e. The van der Waals surface area contributed by atoms with Gasteiger partial charge in [0, 0.05) is 21.2 Å². The van der Waals surface area contributed by atoms with E-state index in [0.29, 0.717) is 31.1 Å². The Hall–Kier alpha value is -2.85. The lowest BCUT2D eigenvalue weighted by Crippen LogP contribution is -2.05. The van der Waals surface area contributed by atoms with Crippen molar-refractivity contribution in [2.45, 2.75) is 22.6 Å².